The predicted octanol–water partition coefficient (Wildman–Crippen LogP) is 6.21. The average Bonchev–Trinajstić information content (AvgIpc) is 2.77. The van der Waals surface area contributed by atoms with Crippen LogP contribution in [0.15, 0.2) is 60.7 Å². The number of carbonyl (C=O) groups is 2. The van der Waals surface area contributed by atoms with Gasteiger partial charge in [0.25, 0.3) is 5.91 Å². The first-order chi connectivity index (χ1) is 16.1. The van der Waals surface area contributed by atoms with E-state index in [2.05, 4.69) is 5.32 Å². The minimum atomic E-state index is -0.990. The van der Waals surface area contributed by atoms with E-state index in [9.17, 15) is 14.7 Å². The second-order valence-electron chi connectivity index (χ2n) is 8.37. The largest absolute Gasteiger partial charge is 0.491 e. The van der Waals surface area contributed by atoms with Crippen molar-refractivity contribution in [2.24, 2.45) is 0 Å². The third-order valence-corrected chi connectivity index (χ3v) is 5.18. The first-order valence-electron chi connectivity index (χ1n) is 11.0. The van der Waals surface area contributed by atoms with Gasteiger partial charge in [-0.1, -0.05) is 29.8 Å². The van der Waals surface area contributed by atoms with Crippen molar-refractivity contribution in [3.8, 4) is 22.6 Å². The molecule has 0 aliphatic heterocycles. The van der Waals surface area contributed by atoms with Crippen molar-refractivity contribution in [2.45, 2.75) is 46.4 Å². The second-order valence-corrected chi connectivity index (χ2v) is 8.77. The van der Waals surface area contributed by atoms with Gasteiger partial charge in [-0.05, 0) is 81.3 Å². The summed E-state index contributed by atoms with van der Waals surface area (Å²) in [5.74, 6) is -0.0775. The molecule has 6 nitrogen and oxygen atoms in total. The van der Waals surface area contributed by atoms with E-state index in [1.807, 2.05) is 52.0 Å². The highest BCUT2D eigenvalue weighted by Gasteiger charge is 2.15. The first-order valence-corrected chi connectivity index (χ1v) is 11.4. The van der Waals surface area contributed by atoms with Crippen LogP contribution in [0.2, 0.25) is 5.02 Å². The zero-order valence-corrected chi connectivity index (χ0v) is 20.3. The van der Waals surface area contributed by atoms with E-state index in [0.29, 0.717) is 22.1 Å². The Kier molecular flexibility index (Phi) is 8.18. The summed E-state index contributed by atoms with van der Waals surface area (Å²) in [6.45, 7) is 7.88. The van der Waals surface area contributed by atoms with Crippen LogP contribution in [0, 0.1) is 0 Å². The molecule has 0 unspecified atom stereocenters. The van der Waals surface area contributed by atoms with Crippen LogP contribution in [-0.2, 0) is 6.54 Å². The monoisotopic (exact) mass is 481 g/mol. The molecule has 0 saturated carbocycles. The van der Waals surface area contributed by atoms with E-state index in [0.717, 1.165) is 16.7 Å². The van der Waals surface area contributed by atoms with Crippen LogP contribution in [0.1, 0.15) is 54.0 Å². The van der Waals surface area contributed by atoms with Crippen molar-refractivity contribution in [1.82, 2.24) is 5.32 Å². The molecule has 7 heteroatoms. The number of aromatic carboxylic acids is 1. The Labute approximate surface area is 204 Å². The maximum Gasteiger partial charge on any atom is 0.335 e. The highest BCUT2D eigenvalue weighted by Crippen LogP contribution is 2.29. The SMILES string of the molecule is CC(C)Oc1ccc(C(=O)NCc2cc(-c3cccc(C(=O)O)c3)ccc2OC(C)C)c(Cl)c1. The zero-order valence-electron chi connectivity index (χ0n) is 19.6. The van der Waals surface area contributed by atoms with Gasteiger partial charge < -0.3 is 19.9 Å². The van der Waals surface area contributed by atoms with Gasteiger partial charge in [0.2, 0.25) is 0 Å². The second kappa shape index (κ2) is 11.1. The predicted molar refractivity (Wildman–Crippen MR) is 133 cm³/mol. The summed E-state index contributed by atoms with van der Waals surface area (Å²) in [5, 5.41) is 12.5. The van der Waals surface area contributed by atoms with Crippen LogP contribution in [0.25, 0.3) is 11.1 Å². The minimum absolute atomic E-state index is 0.00131. The van der Waals surface area contributed by atoms with Crippen LogP contribution in [-0.4, -0.2) is 29.2 Å². The lowest BCUT2D eigenvalue weighted by Crippen LogP contribution is -2.24. The van der Waals surface area contributed by atoms with E-state index in [1.165, 1.54) is 0 Å². The average molecular weight is 482 g/mol. The van der Waals surface area contributed by atoms with Crippen molar-refractivity contribution < 1.29 is 24.2 Å². The van der Waals surface area contributed by atoms with Gasteiger partial charge in [-0.2, -0.15) is 0 Å². The maximum atomic E-state index is 12.8. The summed E-state index contributed by atoms with van der Waals surface area (Å²) in [5.41, 5.74) is 2.88. The quantitative estimate of drug-likeness (QED) is 0.379. The summed E-state index contributed by atoms with van der Waals surface area (Å²) >= 11 is 6.32. The van der Waals surface area contributed by atoms with Crippen LogP contribution >= 0.6 is 11.6 Å². The van der Waals surface area contributed by atoms with Gasteiger partial charge in [-0.15, -0.1) is 0 Å². The number of carboxylic acids is 1. The van der Waals surface area contributed by atoms with Crippen molar-refractivity contribution in [2.75, 3.05) is 0 Å². The smallest absolute Gasteiger partial charge is 0.335 e. The first kappa shape index (κ1) is 25.1. The van der Waals surface area contributed by atoms with Gasteiger partial charge in [0.05, 0.1) is 28.4 Å². The number of halogens is 1. The lowest BCUT2D eigenvalue weighted by molar-refractivity contribution is 0.0696. The molecule has 3 rings (SSSR count). The molecule has 3 aromatic rings. The topological polar surface area (TPSA) is 84.9 Å². The molecule has 0 bridgehead atoms. The molecule has 0 spiro atoms. The number of benzene rings is 3. The molecule has 0 aromatic heterocycles. The summed E-state index contributed by atoms with van der Waals surface area (Å²) < 4.78 is 11.5. The van der Waals surface area contributed by atoms with Crippen LogP contribution < -0.4 is 14.8 Å². The number of nitrogens with one attached hydrogen (secondary N) is 1. The lowest BCUT2D eigenvalue weighted by Gasteiger charge is -2.17. The van der Waals surface area contributed by atoms with Crippen LogP contribution in [0.5, 0.6) is 11.5 Å². The number of ether oxygens (including phenoxy) is 2. The molecule has 0 atom stereocenters. The third kappa shape index (κ3) is 6.51. The Balaban J connectivity index is 1.84. The Hall–Kier alpha value is -3.51. The number of carbonyl (C=O) groups excluding carboxylic acids is 1. The molecular weight excluding hydrogens is 454 g/mol. The summed E-state index contributed by atoms with van der Waals surface area (Å²) in [7, 11) is 0. The van der Waals surface area contributed by atoms with E-state index in [4.69, 9.17) is 21.1 Å². The molecule has 2 N–H and O–H groups in total. The number of rotatable bonds is 9. The number of hydrogen-bond donors (Lipinski definition) is 2. The molecular formula is C27H28ClNO5. The van der Waals surface area contributed by atoms with E-state index >= 15 is 0 Å². The molecule has 0 fully saturated rings. The molecule has 34 heavy (non-hydrogen) atoms. The molecule has 178 valence electrons. The maximum absolute atomic E-state index is 12.8. The zero-order chi connectivity index (χ0) is 24.8. The fourth-order valence-corrected chi connectivity index (χ4v) is 3.65. The van der Waals surface area contributed by atoms with Gasteiger partial charge in [0.15, 0.2) is 0 Å². The third-order valence-electron chi connectivity index (χ3n) is 4.86. The Morgan fingerprint density at radius 1 is 0.912 bits per heavy atom. The molecule has 0 saturated heterocycles. The Morgan fingerprint density at radius 2 is 1.62 bits per heavy atom. The van der Waals surface area contributed by atoms with Crippen LogP contribution in [0.4, 0.5) is 0 Å². The highest BCUT2D eigenvalue weighted by atomic mass is 35.5. The van der Waals surface area contributed by atoms with Gasteiger partial charge in [-0.3, -0.25) is 4.79 Å². The van der Waals surface area contributed by atoms with Gasteiger partial charge >= 0.3 is 5.97 Å². The highest BCUT2D eigenvalue weighted by molar-refractivity contribution is 6.34. The van der Waals surface area contributed by atoms with Crippen molar-refractivity contribution in [3.63, 3.8) is 0 Å². The minimum Gasteiger partial charge on any atom is -0.491 e. The van der Waals surface area contributed by atoms with Gasteiger partial charge in [-0.25, -0.2) is 4.79 Å². The normalized spacial score (nSPS) is 10.9. The number of carboxylic acid groups (broad SMARTS) is 1. The number of hydrogen-bond acceptors (Lipinski definition) is 4. The Bertz CT molecular complexity index is 1190. The molecule has 0 aliphatic rings. The molecule has 3 aromatic carbocycles. The van der Waals surface area contributed by atoms with Crippen molar-refractivity contribution in [3.05, 3.63) is 82.4 Å². The molecule has 0 radical (unpaired) electrons. The Morgan fingerprint density at radius 3 is 2.26 bits per heavy atom. The molecule has 0 aliphatic carbocycles. The van der Waals surface area contributed by atoms with Gasteiger partial charge in [0.1, 0.15) is 11.5 Å². The fourth-order valence-electron chi connectivity index (χ4n) is 3.39. The fraction of sp³-hybridized carbons (Fsp3) is 0.259. The van der Waals surface area contributed by atoms with E-state index < -0.39 is 5.97 Å². The number of amides is 1. The van der Waals surface area contributed by atoms with Gasteiger partial charge in [0, 0.05) is 12.1 Å². The molecule has 0 heterocycles. The lowest BCUT2D eigenvalue weighted by atomic mass is 10.00. The van der Waals surface area contributed by atoms with Crippen LogP contribution in [0.3, 0.4) is 0 Å². The molecule has 1 amide bonds. The standard InChI is InChI=1S/C27H28ClNO5/c1-16(2)33-22-9-10-23(24(28)14-22)26(30)29-15-21-13-19(8-11-25(21)34-17(3)4)18-6-5-7-20(12-18)27(31)32/h5-14,16-17H,15H2,1-4H3,(H,29,30)(H,31,32). The van der Waals surface area contributed by atoms with E-state index in [1.54, 1.807) is 36.4 Å². The van der Waals surface area contributed by atoms with Crippen molar-refractivity contribution >= 4 is 23.5 Å². The summed E-state index contributed by atoms with van der Waals surface area (Å²) in [6, 6.07) is 17.3. The summed E-state index contributed by atoms with van der Waals surface area (Å²) in [4.78, 5) is 24.2. The summed E-state index contributed by atoms with van der Waals surface area (Å²) in [6.07, 6.45) is -0.0582. The van der Waals surface area contributed by atoms with Crippen molar-refractivity contribution in [1.29, 1.82) is 0 Å². The van der Waals surface area contributed by atoms with E-state index in [-0.39, 0.29) is 30.2 Å².